The second kappa shape index (κ2) is 6.35. The molecule has 1 unspecified atom stereocenters. The lowest BCUT2D eigenvalue weighted by molar-refractivity contribution is 0.355. The molecule has 0 bridgehead atoms. The molecule has 0 aliphatic rings. The van der Waals surface area contributed by atoms with Crippen LogP contribution >= 0.6 is 0 Å². The zero-order valence-electron chi connectivity index (χ0n) is 11.0. The Labute approximate surface area is 103 Å². The van der Waals surface area contributed by atoms with Gasteiger partial charge in [-0.15, -0.1) is 0 Å². The Morgan fingerprint density at radius 1 is 1.24 bits per heavy atom. The minimum absolute atomic E-state index is 0.211. The van der Waals surface area contributed by atoms with Crippen molar-refractivity contribution in [2.75, 3.05) is 26.1 Å². The summed E-state index contributed by atoms with van der Waals surface area (Å²) >= 11 is 0. The van der Waals surface area contributed by atoms with Crippen LogP contribution in [0.15, 0.2) is 12.1 Å². The van der Waals surface area contributed by atoms with Crippen LogP contribution in [0.25, 0.3) is 0 Å². The summed E-state index contributed by atoms with van der Waals surface area (Å²) in [5, 5.41) is 3.35. The van der Waals surface area contributed by atoms with Crippen LogP contribution in [-0.2, 0) is 0 Å². The first-order valence-corrected chi connectivity index (χ1v) is 5.80. The Hall–Kier alpha value is -1.42. The number of rotatable bonds is 6. The van der Waals surface area contributed by atoms with Gasteiger partial charge in [-0.05, 0) is 31.9 Å². The van der Waals surface area contributed by atoms with Crippen LogP contribution in [0.4, 0.5) is 5.69 Å². The maximum Gasteiger partial charge on any atom is 0.162 e. The molecule has 0 aliphatic heterocycles. The lowest BCUT2D eigenvalue weighted by Crippen LogP contribution is -2.19. The Kier molecular flexibility index (Phi) is 5.10. The van der Waals surface area contributed by atoms with Gasteiger partial charge in [-0.1, -0.05) is 0 Å². The zero-order valence-corrected chi connectivity index (χ0v) is 11.0. The number of anilines is 1. The smallest absolute Gasteiger partial charge is 0.162 e. The molecule has 4 nitrogen and oxygen atoms in total. The SMILES string of the molecule is COc1cc(C)c(NCCC(C)N)cc1OC. The van der Waals surface area contributed by atoms with Crippen molar-refractivity contribution in [2.24, 2.45) is 5.73 Å². The number of methoxy groups -OCH3 is 2. The van der Waals surface area contributed by atoms with Crippen LogP contribution in [0.5, 0.6) is 11.5 Å². The Balaban J connectivity index is 2.78. The number of nitrogens with one attached hydrogen (secondary N) is 1. The monoisotopic (exact) mass is 238 g/mol. The first kappa shape index (κ1) is 13.6. The van der Waals surface area contributed by atoms with E-state index < -0.39 is 0 Å². The minimum atomic E-state index is 0.211. The summed E-state index contributed by atoms with van der Waals surface area (Å²) in [4.78, 5) is 0. The molecule has 17 heavy (non-hydrogen) atoms. The number of aryl methyl sites for hydroxylation is 1. The molecule has 96 valence electrons. The molecule has 0 radical (unpaired) electrons. The van der Waals surface area contributed by atoms with E-state index in [4.69, 9.17) is 15.2 Å². The molecule has 0 saturated carbocycles. The maximum absolute atomic E-state index is 5.71. The Morgan fingerprint density at radius 2 is 1.82 bits per heavy atom. The summed E-state index contributed by atoms with van der Waals surface area (Å²) in [7, 11) is 3.28. The predicted molar refractivity (Wildman–Crippen MR) is 71.0 cm³/mol. The van der Waals surface area contributed by atoms with Gasteiger partial charge in [0.25, 0.3) is 0 Å². The summed E-state index contributed by atoms with van der Waals surface area (Å²) in [6, 6.07) is 4.13. The van der Waals surface area contributed by atoms with Crippen LogP contribution in [0.3, 0.4) is 0 Å². The Morgan fingerprint density at radius 3 is 2.35 bits per heavy atom. The van der Waals surface area contributed by atoms with Crippen molar-refractivity contribution in [3.05, 3.63) is 17.7 Å². The maximum atomic E-state index is 5.71. The average Bonchev–Trinajstić information content (AvgIpc) is 2.30. The second-order valence-corrected chi connectivity index (χ2v) is 4.21. The van der Waals surface area contributed by atoms with Crippen LogP contribution < -0.4 is 20.5 Å². The van der Waals surface area contributed by atoms with E-state index in [2.05, 4.69) is 5.32 Å². The molecule has 0 spiro atoms. The summed E-state index contributed by atoms with van der Waals surface area (Å²) < 4.78 is 10.5. The molecule has 4 heteroatoms. The van der Waals surface area contributed by atoms with Gasteiger partial charge in [-0.3, -0.25) is 0 Å². The predicted octanol–water partition coefficient (Wildman–Crippen LogP) is 2.16. The van der Waals surface area contributed by atoms with Gasteiger partial charge in [-0.25, -0.2) is 0 Å². The number of nitrogens with two attached hydrogens (primary N) is 1. The van der Waals surface area contributed by atoms with Crippen molar-refractivity contribution in [1.29, 1.82) is 0 Å². The molecule has 1 aromatic carbocycles. The van der Waals surface area contributed by atoms with Crippen molar-refractivity contribution < 1.29 is 9.47 Å². The first-order chi connectivity index (χ1) is 8.08. The molecule has 0 heterocycles. The number of hydrogen-bond donors (Lipinski definition) is 2. The van der Waals surface area contributed by atoms with E-state index in [0.29, 0.717) is 0 Å². The van der Waals surface area contributed by atoms with E-state index in [1.165, 1.54) is 0 Å². The second-order valence-electron chi connectivity index (χ2n) is 4.21. The van der Waals surface area contributed by atoms with Crippen LogP contribution in [0, 0.1) is 6.92 Å². The molecule has 1 aromatic rings. The molecule has 0 aliphatic carbocycles. The largest absolute Gasteiger partial charge is 0.493 e. The highest BCUT2D eigenvalue weighted by atomic mass is 16.5. The van der Waals surface area contributed by atoms with E-state index in [1.807, 2.05) is 26.0 Å². The standard InChI is InChI=1S/C13H22N2O2/c1-9-7-12(16-3)13(17-4)8-11(9)15-6-5-10(2)14/h7-8,10,15H,5-6,14H2,1-4H3. The highest BCUT2D eigenvalue weighted by Gasteiger charge is 2.08. The van der Waals surface area contributed by atoms with Gasteiger partial charge in [0.2, 0.25) is 0 Å². The molecular weight excluding hydrogens is 216 g/mol. The highest BCUT2D eigenvalue weighted by molar-refractivity contribution is 5.60. The van der Waals surface area contributed by atoms with Gasteiger partial charge in [0.1, 0.15) is 0 Å². The molecule has 3 N–H and O–H groups in total. The van der Waals surface area contributed by atoms with Crippen LogP contribution in [0.2, 0.25) is 0 Å². The molecular formula is C13H22N2O2. The highest BCUT2D eigenvalue weighted by Crippen LogP contribution is 2.32. The van der Waals surface area contributed by atoms with Gasteiger partial charge in [-0.2, -0.15) is 0 Å². The average molecular weight is 238 g/mol. The van der Waals surface area contributed by atoms with E-state index in [9.17, 15) is 0 Å². The summed E-state index contributed by atoms with van der Waals surface area (Å²) in [6.45, 7) is 4.90. The minimum Gasteiger partial charge on any atom is -0.493 e. The Bertz CT molecular complexity index is 365. The topological polar surface area (TPSA) is 56.5 Å². The number of hydrogen-bond acceptors (Lipinski definition) is 4. The van der Waals surface area contributed by atoms with Gasteiger partial charge in [0, 0.05) is 24.3 Å². The van der Waals surface area contributed by atoms with Crippen molar-refractivity contribution in [3.8, 4) is 11.5 Å². The quantitative estimate of drug-likeness (QED) is 0.797. The fourth-order valence-electron chi connectivity index (χ4n) is 1.61. The fraction of sp³-hybridized carbons (Fsp3) is 0.538. The third-order valence-electron chi connectivity index (χ3n) is 2.65. The van der Waals surface area contributed by atoms with Crippen LogP contribution in [-0.4, -0.2) is 26.8 Å². The normalized spacial score (nSPS) is 12.1. The molecule has 1 rings (SSSR count). The molecule has 0 aromatic heterocycles. The van der Waals surface area contributed by atoms with Gasteiger partial charge in [0.05, 0.1) is 14.2 Å². The lowest BCUT2D eigenvalue weighted by atomic mass is 10.1. The van der Waals surface area contributed by atoms with Crippen molar-refractivity contribution >= 4 is 5.69 Å². The summed E-state index contributed by atoms with van der Waals surface area (Å²) in [6.07, 6.45) is 0.938. The van der Waals surface area contributed by atoms with E-state index in [1.54, 1.807) is 14.2 Å². The molecule has 0 saturated heterocycles. The van der Waals surface area contributed by atoms with Crippen molar-refractivity contribution in [2.45, 2.75) is 26.3 Å². The number of benzene rings is 1. The van der Waals surface area contributed by atoms with E-state index >= 15 is 0 Å². The van der Waals surface area contributed by atoms with Crippen molar-refractivity contribution in [3.63, 3.8) is 0 Å². The summed E-state index contributed by atoms with van der Waals surface area (Å²) in [5.74, 6) is 1.49. The number of ether oxygens (including phenoxy) is 2. The fourth-order valence-corrected chi connectivity index (χ4v) is 1.61. The molecule has 0 amide bonds. The zero-order chi connectivity index (χ0) is 12.8. The first-order valence-electron chi connectivity index (χ1n) is 5.80. The van der Waals surface area contributed by atoms with E-state index in [0.717, 1.165) is 35.7 Å². The van der Waals surface area contributed by atoms with Crippen LogP contribution in [0.1, 0.15) is 18.9 Å². The van der Waals surface area contributed by atoms with Gasteiger partial charge < -0.3 is 20.5 Å². The van der Waals surface area contributed by atoms with E-state index in [-0.39, 0.29) is 6.04 Å². The molecule has 0 fully saturated rings. The van der Waals surface area contributed by atoms with Gasteiger partial charge in [0.15, 0.2) is 11.5 Å². The summed E-state index contributed by atoms with van der Waals surface area (Å²) in [5.41, 5.74) is 7.90. The third-order valence-corrected chi connectivity index (χ3v) is 2.65. The lowest BCUT2D eigenvalue weighted by Gasteiger charge is -2.15. The van der Waals surface area contributed by atoms with Crippen molar-refractivity contribution in [1.82, 2.24) is 0 Å². The third kappa shape index (κ3) is 3.82. The molecule has 1 atom stereocenters. The van der Waals surface area contributed by atoms with Gasteiger partial charge >= 0.3 is 0 Å².